The Balaban J connectivity index is 3.22. The first-order valence-electron chi connectivity index (χ1n) is 4.22. The lowest BCUT2D eigenvalue weighted by Crippen LogP contribution is -2.15. The number of hydrogen-bond donors (Lipinski definition) is 2. The number of benzene rings is 1. The Morgan fingerprint density at radius 1 is 1.23 bits per heavy atom. The summed E-state index contributed by atoms with van der Waals surface area (Å²) in [6.07, 6.45) is 0. The minimum absolute atomic E-state index is 0.0163. The van der Waals surface area contributed by atoms with E-state index in [9.17, 15) is 0 Å². The summed E-state index contributed by atoms with van der Waals surface area (Å²) in [4.78, 5) is 4.77. The molecular weight excluding hydrogens is 164 g/mol. The molecule has 0 radical (unpaired) electrons. The smallest absolute Gasteiger partial charge is 0.152 e. The highest BCUT2D eigenvalue weighted by Crippen LogP contribution is 2.31. The summed E-state index contributed by atoms with van der Waals surface area (Å²) in [5, 5.41) is 0. The van der Waals surface area contributed by atoms with Crippen molar-refractivity contribution in [2.45, 2.75) is 26.2 Å². The van der Waals surface area contributed by atoms with E-state index in [0.717, 1.165) is 5.56 Å². The Bertz CT molecular complexity index is 302. The quantitative estimate of drug-likeness (QED) is 0.512. The maximum absolute atomic E-state index is 5.61. The van der Waals surface area contributed by atoms with Crippen molar-refractivity contribution in [3.8, 4) is 5.75 Å². The van der Waals surface area contributed by atoms with E-state index in [1.54, 1.807) is 6.07 Å². The average Bonchev–Trinajstić information content (AvgIpc) is 2.01. The molecule has 4 N–H and O–H groups in total. The molecule has 0 amide bonds. The molecule has 1 aromatic rings. The van der Waals surface area contributed by atoms with Crippen molar-refractivity contribution >= 4 is 5.69 Å². The third-order valence-electron chi connectivity index (χ3n) is 1.94. The van der Waals surface area contributed by atoms with Crippen LogP contribution in [0, 0.1) is 0 Å². The first-order valence-corrected chi connectivity index (χ1v) is 4.22. The largest absolute Gasteiger partial charge is 0.411 e. The molecule has 0 unspecified atom stereocenters. The molecule has 0 aliphatic rings. The highest BCUT2D eigenvalue weighted by molar-refractivity contribution is 5.50. The van der Waals surface area contributed by atoms with Crippen LogP contribution < -0.4 is 16.5 Å². The topological polar surface area (TPSA) is 61.3 Å². The molecule has 1 rings (SSSR count). The van der Waals surface area contributed by atoms with E-state index in [-0.39, 0.29) is 5.41 Å². The van der Waals surface area contributed by atoms with Crippen molar-refractivity contribution < 1.29 is 4.84 Å². The van der Waals surface area contributed by atoms with Crippen LogP contribution in [-0.4, -0.2) is 0 Å². The van der Waals surface area contributed by atoms with E-state index in [1.807, 2.05) is 12.1 Å². The third-order valence-corrected chi connectivity index (χ3v) is 1.94. The van der Waals surface area contributed by atoms with Gasteiger partial charge < -0.3 is 10.6 Å². The maximum atomic E-state index is 5.61. The molecule has 0 heterocycles. The van der Waals surface area contributed by atoms with Gasteiger partial charge in [-0.15, -0.1) is 0 Å². The molecule has 3 nitrogen and oxygen atoms in total. The van der Waals surface area contributed by atoms with Gasteiger partial charge in [-0.1, -0.05) is 26.8 Å². The Morgan fingerprint density at radius 2 is 1.85 bits per heavy atom. The zero-order chi connectivity index (χ0) is 10.1. The Morgan fingerprint density at radius 3 is 2.31 bits per heavy atom. The van der Waals surface area contributed by atoms with Gasteiger partial charge in [-0.2, -0.15) is 5.90 Å². The summed E-state index contributed by atoms with van der Waals surface area (Å²) in [6, 6.07) is 5.53. The number of nitrogens with two attached hydrogens (primary N) is 2. The molecule has 0 aromatic heterocycles. The van der Waals surface area contributed by atoms with Crippen LogP contribution in [0.15, 0.2) is 18.2 Å². The van der Waals surface area contributed by atoms with Crippen molar-refractivity contribution in [1.29, 1.82) is 0 Å². The first kappa shape index (κ1) is 9.86. The summed E-state index contributed by atoms with van der Waals surface area (Å²) in [5.41, 5.74) is 7.35. The zero-order valence-corrected chi connectivity index (χ0v) is 8.29. The Labute approximate surface area is 78.6 Å². The van der Waals surface area contributed by atoms with Gasteiger partial charge in [0.1, 0.15) is 0 Å². The monoisotopic (exact) mass is 180 g/mol. The van der Waals surface area contributed by atoms with Gasteiger partial charge in [0.05, 0.1) is 0 Å². The zero-order valence-electron chi connectivity index (χ0n) is 8.29. The van der Waals surface area contributed by atoms with Gasteiger partial charge in [0.2, 0.25) is 0 Å². The van der Waals surface area contributed by atoms with Gasteiger partial charge in [0.25, 0.3) is 0 Å². The predicted molar refractivity (Wildman–Crippen MR) is 54.4 cm³/mol. The molecule has 0 aliphatic carbocycles. The van der Waals surface area contributed by atoms with Gasteiger partial charge in [0, 0.05) is 17.3 Å². The van der Waals surface area contributed by atoms with Crippen LogP contribution in [0.5, 0.6) is 5.75 Å². The van der Waals surface area contributed by atoms with E-state index in [1.165, 1.54) is 0 Å². The Hall–Kier alpha value is -1.22. The Kier molecular flexibility index (Phi) is 2.48. The van der Waals surface area contributed by atoms with Crippen LogP contribution in [0.1, 0.15) is 26.3 Å². The molecule has 0 saturated heterocycles. The molecule has 0 saturated carbocycles. The molecule has 3 heteroatoms. The standard InChI is InChI=1S/C10H16N2O/c1-10(2,3)8-5-4-7(11)6-9(8)13-12/h4-6H,11-12H2,1-3H3. The van der Waals surface area contributed by atoms with Crippen LogP contribution in [0.4, 0.5) is 5.69 Å². The minimum Gasteiger partial charge on any atom is -0.411 e. The normalized spacial score (nSPS) is 11.4. The van der Waals surface area contributed by atoms with E-state index >= 15 is 0 Å². The van der Waals surface area contributed by atoms with Gasteiger partial charge in [0.15, 0.2) is 5.75 Å². The predicted octanol–water partition coefficient (Wildman–Crippen LogP) is 1.82. The van der Waals surface area contributed by atoms with Crippen LogP contribution in [0.25, 0.3) is 0 Å². The number of hydrogen-bond acceptors (Lipinski definition) is 3. The van der Waals surface area contributed by atoms with Crippen molar-refractivity contribution in [3.05, 3.63) is 23.8 Å². The maximum Gasteiger partial charge on any atom is 0.152 e. The SMILES string of the molecule is CC(C)(C)c1ccc(N)cc1ON. The van der Waals surface area contributed by atoms with Crippen LogP contribution in [-0.2, 0) is 5.41 Å². The molecule has 0 spiro atoms. The molecule has 0 bridgehead atoms. The molecule has 0 fully saturated rings. The highest BCUT2D eigenvalue weighted by atomic mass is 16.6. The van der Waals surface area contributed by atoms with Crippen molar-refractivity contribution in [2.24, 2.45) is 5.90 Å². The second-order valence-corrected chi connectivity index (χ2v) is 4.12. The highest BCUT2D eigenvalue weighted by Gasteiger charge is 2.18. The van der Waals surface area contributed by atoms with E-state index in [4.69, 9.17) is 16.5 Å². The second kappa shape index (κ2) is 3.26. The van der Waals surface area contributed by atoms with Gasteiger partial charge in [-0.05, 0) is 11.5 Å². The molecule has 0 aliphatic heterocycles. The van der Waals surface area contributed by atoms with Gasteiger partial charge in [-0.3, -0.25) is 0 Å². The van der Waals surface area contributed by atoms with E-state index < -0.39 is 0 Å². The summed E-state index contributed by atoms with van der Waals surface area (Å²) >= 11 is 0. The van der Waals surface area contributed by atoms with Crippen LogP contribution in [0.3, 0.4) is 0 Å². The number of nitrogen functional groups attached to an aromatic ring is 1. The third kappa shape index (κ3) is 2.12. The lowest BCUT2D eigenvalue weighted by molar-refractivity contribution is 0.324. The fraction of sp³-hybridized carbons (Fsp3) is 0.400. The van der Waals surface area contributed by atoms with Crippen LogP contribution >= 0.6 is 0 Å². The summed E-state index contributed by atoms with van der Waals surface area (Å²) in [6.45, 7) is 6.29. The van der Waals surface area contributed by atoms with Gasteiger partial charge in [-0.25, -0.2) is 0 Å². The molecular formula is C10H16N2O. The summed E-state index contributed by atoms with van der Waals surface area (Å²) in [5.74, 6) is 5.81. The van der Waals surface area contributed by atoms with Crippen molar-refractivity contribution in [1.82, 2.24) is 0 Å². The fourth-order valence-electron chi connectivity index (χ4n) is 1.26. The van der Waals surface area contributed by atoms with E-state index in [0.29, 0.717) is 11.4 Å². The lowest BCUT2D eigenvalue weighted by atomic mass is 9.86. The molecule has 0 atom stereocenters. The fourth-order valence-corrected chi connectivity index (χ4v) is 1.26. The lowest BCUT2D eigenvalue weighted by Gasteiger charge is -2.21. The van der Waals surface area contributed by atoms with Crippen molar-refractivity contribution in [2.75, 3.05) is 5.73 Å². The molecule has 72 valence electrons. The molecule has 1 aromatic carbocycles. The minimum atomic E-state index is 0.0163. The van der Waals surface area contributed by atoms with E-state index in [2.05, 4.69) is 20.8 Å². The summed E-state index contributed by atoms with van der Waals surface area (Å²) in [7, 11) is 0. The summed E-state index contributed by atoms with van der Waals surface area (Å²) < 4.78 is 0. The number of rotatable bonds is 1. The number of anilines is 1. The first-order chi connectivity index (χ1) is 5.95. The van der Waals surface area contributed by atoms with Crippen molar-refractivity contribution in [3.63, 3.8) is 0 Å². The van der Waals surface area contributed by atoms with Crippen LogP contribution in [0.2, 0.25) is 0 Å². The average molecular weight is 180 g/mol. The molecule has 13 heavy (non-hydrogen) atoms. The second-order valence-electron chi connectivity index (χ2n) is 4.12. The van der Waals surface area contributed by atoms with Gasteiger partial charge >= 0.3 is 0 Å².